The summed E-state index contributed by atoms with van der Waals surface area (Å²) < 4.78 is 36.9. The third-order valence-electron chi connectivity index (χ3n) is 4.42. The topological polar surface area (TPSA) is 50.8 Å². The maximum atomic E-state index is 13.2. The van der Waals surface area contributed by atoms with Crippen LogP contribution in [0, 0.1) is 11.6 Å². The molecule has 0 bridgehead atoms. The van der Waals surface area contributed by atoms with Crippen molar-refractivity contribution in [2.24, 2.45) is 0 Å². The van der Waals surface area contributed by atoms with Crippen molar-refractivity contribution in [3.05, 3.63) is 65.7 Å². The second kappa shape index (κ2) is 9.43. The fraction of sp³-hybridized carbons (Fsp3) is 0.350. The number of hydrogen-bond acceptors (Lipinski definition) is 4. The average molecular weight is 376 g/mol. The van der Waals surface area contributed by atoms with Gasteiger partial charge in [-0.2, -0.15) is 0 Å². The molecule has 1 aliphatic heterocycles. The second-order valence-corrected chi connectivity index (χ2v) is 6.26. The predicted molar refractivity (Wildman–Crippen MR) is 96.4 cm³/mol. The largest absolute Gasteiger partial charge is 0.484 e. The van der Waals surface area contributed by atoms with E-state index in [0.29, 0.717) is 25.5 Å². The highest BCUT2D eigenvalue weighted by Gasteiger charge is 2.23. The van der Waals surface area contributed by atoms with Crippen LogP contribution in [-0.2, 0) is 9.53 Å². The minimum Gasteiger partial charge on any atom is -0.484 e. The molecule has 0 radical (unpaired) electrons. The number of halogens is 2. The first-order valence-corrected chi connectivity index (χ1v) is 8.84. The fourth-order valence-corrected chi connectivity index (χ4v) is 2.97. The molecule has 1 fully saturated rings. The van der Waals surface area contributed by atoms with E-state index in [-0.39, 0.29) is 30.2 Å². The Labute approximate surface area is 156 Å². The fourth-order valence-electron chi connectivity index (χ4n) is 2.97. The van der Waals surface area contributed by atoms with Gasteiger partial charge in [-0.15, -0.1) is 0 Å². The van der Waals surface area contributed by atoms with Crippen LogP contribution in [0.4, 0.5) is 8.78 Å². The molecule has 2 aromatic rings. The number of ether oxygens (including phenoxy) is 2. The molecule has 1 amide bonds. The molecule has 1 N–H and O–H groups in total. The average Bonchev–Trinajstić information content (AvgIpc) is 2.70. The predicted octanol–water partition coefficient (Wildman–Crippen LogP) is 2.53. The molecular weight excluding hydrogens is 354 g/mol. The lowest BCUT2D eigenvalue weighted by atomic mass is 10.0. The SMILES string of the molecule is O=C(COc1ccc(F)cc1)NC[C@H](c1ccc(F)cc1)N1CCOCC1. The van der Waals surface area contributed by atoms with Gasteiger partial charge >= 0.3 is 0 Å². The lowest BCUT2D eigenvalue weighted by molar-refractivity contribution is -0.123. The Kier molecular flexibility index (Phi) is 6.73. The van der Waals surface area contributed by atoms with Gasteiger partial charge in [0.1, 0.15) is 17.4 Å². The lowest BCUT2D eigenvalue weighted by Crippen LogP contribution is -2.44. The van der Waals surface area contributed by atoms with Crippen molar-refractivity contribution in [1.82, 2.24) is 10.2 Å². The van der Waals surface area contributed by atoms with Crippen molar-refractivity contribution in [1.29, 1.82) is 0 Å². The molecule has 0 unspecified atom stereocenters. The Morgan fingerprint density at radius 3 is 2.26 bits per heavy atom. The number of morpholine rings is 1. The number of benzene rings is 2. The normalized spacial score (nSPS) is 15.9. The van der Waals surface area contributed by atoms with Crippen molar-refractivity contribution in [3.8, 4) is 5.75 Å². The number of nitrogens with one attached hydrogen (secondary N) is 1. The molecule has 3 rings (SSSR count). The number of rotatable bonds is 7. The van der Waals surface area contributed by atoms with Crippen molar-refractivity contribution in [2.75, 3.05) is 39.5 Å². The summed E-state index contributed by atoms with van der Waals surface area (Å²) in [5, 5.41) is 2.86. The van der Waals surface area contributed by atoms with E-state index in [1.165, 1.54) is 36.4 Å². The van der Waals surface area contributed by atoms with E-state index in [2.05, 4.69) is 10.2 Å². The van der Waals surface area contributed by atoms with E-state index in [0.717, 1.165) is 18.7 Å². The van der Waals surface area contributed by atoms with Crippen LogP contribution < -0.4 is 10.1 Å². The highest BCUT2D eigenvalue weighted by Crippen LogP contribution is 2.21. The number of hydrogen-bond donors (Lipinski definition) is 1. The Bertz CT molecular complexity index is 732. The van der Waals surface area contributed by atoms with Crippen molar-refractivity contribution < 1.29 is 23.0 Å². The van der Waals surface area contributed by atoms with Gasteiger partial charge in [-0.1, -0.05) is 12.1 Å². The van der Waals surface area contributed by atoms with Crippen LogP contribution in [0.3, 0.4) is 0 Å². The van der Waals surface area contributed by atoms with Crippen LogP contribution in [0.2, 0.25) is 0 Å². The highest BCUT2D eigenvalue weighted by atomic mass is 19.1. The summed E-state index contributed by atoms with van der Waals surface area (Å²) in [5.41, 5.74) is 0.929. The zero-order chi connectivity index (χ0) is 19.1. The van der Waals surface area contributed by atoms with Gasteiger partial charge in [0.2, 0.25) is 0 Å². The minimum atomic E-state index is -0.362. The first-order valence-electron chi connectivity index (χ1n) is 8.84. The molecule has 0 saturated carbocycles. The van der Waals surface area contributed by atoms with Gasteiger partial charge in [0.05, 0.1) is 19.3 Å². The molecule has 1 atom stereocenters. The Balaban J connectivity index is 1.57. The van der Waals surface area contributed by atoms with Crippen LogP contribution in [0.5, 0.6) is 5.75 Å². The van der Waals surface area contributed by atoms with Crippen molar-refractivity contribution in [3.63, 3.8) is 0 Å². The van der Waals surface area contributed by atoms with Gasteiger partial charge in [0.15, 0.2) is 6.61 Å². The molecule has 2 aromatic carbocycles. The molecule has 1 heterocycles. The van der Waals surface area contributed by atoms with Crippen molar-refractivity contribution >= 4 is 5.91 Å². The summed E-state index contributed by atoms with van der Waals surface area (Å²) in [6.07, 6.45) is 0. The number of nitrogens with zero attached hydrogens (tertiary/aromatic N) is 1. The molecule has 1 aliphatic rings. The van der Waals surface area contributed by atoms with Gasteiger partial charge in [-0.3, -0.25) is 9.69 Å². The molecular formula is C20H22F2N2O3. The maximum Gasteiger partial charge on any atom is 0.258 e. The Morgan fingerprint density at radius 2 is 1.63 bits per heavy atom. The number of amides is 1. The summed E-state index contributed by atoms with van der Waals surface area (Å²) in [4.78, 5) is 14.3. The van der Waals surface area contributed by atoms with Crippen LogP contribution >= 0.6 is 0 Å². The molecule has 144 valence electrons. The Morgan fingerprint density at radius 1 is 1.04 bits per heavy atom. The highest BCUT2D eigenvalue weighted by molar-refractivity contribution is 5.77. The second-order valence-electron chi connectivity index (χ2n) is 6.26. The first-order chi connectivity index (χ1) is 13.1. The van der Waals surface area contributed by atoms with E-state index in [1.807, 2.05) is 0 Å². The third kappa shape index (κ3) is 5.74. The summed E-state index contributed by atoms with van der Waals surface area (Å²) >= 11 is 0. The van der Waals surface area contributed by atoms with Crippen molar-refractivity contribution in [2.45, 2.75) is 6.04 Å². The smallest absolute Gasteiger partial charge is 0.258 e. The molecule has 5 nitrogen and oxygen atoms in total. The summed E-state index contributed by atoms with van der Waals surface area (Å²) in [6, 6.07) is 11.7. The van der Waals surface area contributed by atoms with E-state index in [4.69, 9.17) is 9.47 Å². The van der Waals surface area contributed by atoms with Crippen LogP contribution in [0.15, 0.2) is 48.5 Å². The molecule has 0 aromatic heterocycles. The van der Waals surface area contributed by atoms with Gasteiger partial charge in [0, 0.05) is 19.6 Å². The molecule has 27 heavy (non-hydrogen) atoms. The van der Waals surface area contributed by atoms with Gasteiger partial charge in [-0.05, 0) is 42.0 Å². The zero-order valence-electron chi connectivity index (χ0n) is 14.9. The lowest BCUT2D eigenvalue weighted by Gasteiger charge is -2.35. The van der Waals surface area contributed by atoms with E-state index in [1.54, 1.807) is 12.1 Å². The minimum absolute atomic E-state index is 0.0794. The molecule has 7 heteroatoms. The van der Waals surface area contributed by atoms with Crippen LogP contribution in [-0.4, -0.2) is 50.3 Å². The quantitative estimate of drug-likeness (QED) is 0.807. The van der Waals surface area contributed by atoms with E-state index in [9.17, 15) is 13.6 Å². The molecule has 0 spiro atoms. The summed E-state index contributed by atoms with van der Waals surface area (Å²) in [6.45, 7) is 2.94. The number of carbonyl (C=O) groups excluding carboxylic acids is 1. The standard InChI is InChI=1S/C20H22F2N2O3/c21-16-3-1-15(2-4-16)19(24-9-11-26-12-10-24)13-23-20(25)14-27-18-7-5-17(22)6-8-18/h1-8,19H,9-14H2,(H,23,25)/t19-/m1/s1. The molecule has 1 saturated heterocycles. The van der Waals surface area contributed by atoms with Gasteiger partial charge < -0.3 is 14.8 Å². The van der Waals surface area contributed by atoms with Gasteiger partial charge in [0.25, 0.3) is 5.91 Å². The zero-order valence-corrected chi connectivity index (χ0v) is 14.9. The van der Waals surface area contributed by atoms with Crippen LogP contribution in [0.25, 0.3) is 0 Å². The first kappa shape index (κ1) is 19.3. The Hall–Kier alpha value is -2.51. The monoisotopic (exact) mass is 376 g/mol. The third-order valence-corrected chi connectivity index (χ3v) is 4.42. The summed E-state index contributed by atoms with van der Waals surface area (Å²) in [5.74, 6) is -0.509. The molecule has 0 aliphatic carbocycles. The van der Waals surface area contributed by atoms with Gasteiger partial charge in [-0.25, -0.2) is 8.78 Å². The van der Waals surface area contributed by atoms with Crippen LogP contribution in [0.1, 0.15) is 11.6 Å². The number of carbonyl (C=O) groups is 1. The summed E-state index contributed by atoms with van der Waals surface area (Å²) in [7, 11) is 0. The maximum absolute atomic E-state index is 13.2. The van der Waals surface area contributed by atoms with E-state index >= 15 is 0 Å². The van der Waals surface area contributed by atoms with E-state index < -0.39 is 0 Å².